The summed E-state index contributed by atoms with van der Waals surface area (Å²) in [6.45, 7) is 4.26. The van der Waals surface area contributed by atoms with Crippen LogP contribution in [0.5, 0.6) is 0 Å². The van der Waals surface area contributed by atoms with Crippen LogP contribution in [0.1, 0.15) is 42.6 Å². The first-order chi connectivity index (χ1) is 14.1. The molecule has 1 heterocycles. The minimum absolute atomic E-state index is 0. The molecule has 4 rings (SSSR count). The second-order valence-electron chi connectivity index (χ2n) is 8.08. The molecule has 2 nitrogen and oxygen atoms in total. The van der Waals surface area contributed by atoms with Crippen LogP contribution >= 0.6 is 0 Å². The van der Waals surface area contributed by atoms with E-state index >= 15 is 0 Å². The van der Waals surface area contributed by atoms with Crippen molar-refractivity contribution in [1.29, 1.82) is 0 Å². The predicted molar refractivity (Wildman–Crippen MR) is 117 cm³/mol. The summed E-state index contributed by atoms with van der Waals surface area (Å²) in [6, 6.07) is 31.2. The Bertz CT molecular complexity index is 943. The first-order valence-corrected chi connectivity index (χ1v) is 10.3. The molecule has 0 spiro atoms. The summed E-state index contributed by atoms with van der Waals surface area (Å²) in [5.41, 5.74) is 2.30. The molecular formula is C27H28ClNO. The van der Waals surface area contributed by atoms with Gasteiger partial charge in [0.1, 0.15) is 17.7 Å². The van der Waals surface area contributed by atoms with E-state index in [0.29, 0.717) is 0 Å². The largest absolute Gasteiger partial charge is 1.00 e. The predicted octanol–water partition coefficient (Wildman–Crippen LogP) is 1.10. The van der Waals surface area contributed by atoms with Crippen LogP contribution in [-0.2, 0) is 0 Å². The number of piperidine rings is 1. The summed E-state index contributed by atoms with van der Waals surface area (Å²) in [7, 11) is 0. The van der Waals surface area contributed by atoms with Crippen molar-refractivity contribution >= 4 is 0 Å². The third-order valence-corrected chi connectivity index (χ3v) is 6.43. The third-order valence-electron chi connectivity index (χ3n) is 6.43. The van der Waals surface area contributed by atoms with Gasteiger partial charge in [-0.1, -0.05) is 105 Å². The number of hydrogen-bond donors (Lipinski definition) is 2. The Morgan fingerprint density at radius 1 is 0.700 bits per heavy atom. The Labute approximate surface area is 185 Å². The molecule has 0 aromatic heterocycles. The van der Waals surface area contributed by atoms with Crippen molar-refractivity contribution in [2.75, 3.05) is 0 Å². The first-order valence-electron chi connectivity index (χ1n) is 10.3. The third kappa shape index (κ3) is 4.30. The van der Waals surface area contributed by atoms with Crippen LogP contribution in [0.3, 0.4) is 0 Å². The summed E-state index contributed by atoms with van der Waals surface area (Å²) in [4.78, 5) is 0. The van der Waals surface area contributed by atoms with E-state index in [2.05, 4.69) is 79.5 Å². The zero-order chi connectivity index (χ0) is 20.3. The first kappa shape index (κ1) is 22.1. The van der Waals surface area contributed by atoms with Crippen molar-refractivity contribution in [3.63, 3.8) is 0 Å². The van der Waals surface area contributed by atoms with E-state index in [1.165, 1.54) is 11.1 Å². The Hall–Kier alpha value is -2.57. The smallest absolute Gasteiger partial charge is 0.142 e. The maximum Gasteiger partial charge on any atom is 0.142 e. The molecule has 3 aromatic rings. The lowest BCUT2D eigenvalue weighted by Gasteiger charge is -2.46. The van der Waals surface area contributed by atoms with Crippen LogP contribution in [0.25, 0.3) is 0 Å². The molecule has 0 aliphatic carbocycles. The lowest BCUT2D eigenvalue weighted by molar-refractivity contribution is -0.762. The van der Waals surface area contributed by atoms with Gasteiger partial charge in [-0.2, -0.15) is 0 Å². The van der Waals surface area contributed by atoms with Crippen molar-refractivity contribution in [2.45, 2.75) is 31.5 Å². The van der Waals surface area contributed by atoms with Crippen LogP contribution in [0.15, 0.2) is 91.0 Å². The van der Waals surface area contributed by atoms with E-state index < -0.39 is 5.60 Å². The average molecular weight is 418 g/mol. The number of rotatable bonds is 2. The van der Waals surface area contributed by atoms with Gasteiger partial charge < -0.3 is 22.8 Å². The van der Waals surface area contributed by atoms with Crippen LogP contribution in [-0.4, -0.2) is 10.7 Å². The van der Waals surface area contributed by atoms with E-state index in [1.807, 2.05) is 42.5 Å². The zero-order valence-corrected chi connectivity index (χ0v) is 18.1. The topological polar surface area (TPSA) is 36.8 Å². The molecule has 0 bridgehead atoms. The molecule has 154 valence electrons. The maximum atomic E-state index is 11.9. The van der Waals surface area contributed by atoms with Crippen molar-refractivity contribution in [2.24, 2.45) is 11.8 Å². The monoisotopic (exact) mass is 417 g/mol. The number of aliphatic hydroxyl groups is 1. The lowest BCUT2D eigenvalue weighted by atomic mass is 9.66. The minimum Gasteiger partial charge on any atom is -1.00 e. The number of benzene rings is 3. The molecule has 4 atom stereocenters. The standard InChI is InChI=1S/C27H27NO.ClH/c1-20-25(23-14-8-4-9-15-23)28-26(24-16-10-5-11-17-24)21(2)27(20,29)19-18-22-12-6-3-7-13-22;/h3-17,20-21,25-26,28-29H,1-2H3;1H. The van der Waals surface area contributed by atoms with Gasteiger partial charge in [0, 0.05) is 16.7 Å². The van der Waals surface area contributed by atoms with E-state index in [4.69, 9.17) is 0 Å². The van der Waals surface area contributed by atoms with Crippen molar-refractivity contribution in [3.05, 3.63) is 108 Å². The highest BCUT2D eigenvalue weighted by Gasteiger charge is 2.53. The van der Waals surface area contributed by atoms with Crippen LogP contribution < -0.4 is 17.7 Å². The molecule has 0 saturated carbocycles. The molecular weight excluding hydrogens is 390 g/mol. The summed E-state index contributed by atoms with van der Waals surface area (Å²) in [6.07, 6.45) is 0. The van der Waals surface area contributed by atoms with Crippen molar-refractivity contribution in [1.82, 2.24) is 0 Å². The van der Waals surface area contributed by atoms with E-state index in [-0.39, 0.29) is 36.3 Å². The Morgan fingerprint density at radius 3 is 1.53 bits per heavy atom. The van der Waals surface area contributed by atoms with Gasteiger partial charge in [0.2, 0.25) is 0 Å². The second kappa shape index (κ2) is 9.49. The Balaban J connectivity index is 0.00000256. The molecule has 1 aliphatic heterocycles. The van der Waals surface area contributed by atoms with Gasteiger partial charge in [-0.15, -0.1) is 0 Å². The quantitative estimate of drug-likeness (QED) is 0.602. The van der Waals surface area contributed by atoms with Gasteiger partial charge >= 0.3 is 0 Å². The van der Waals surface area contributed by atoms with Gasteiger partial charge in [0.05, 0.1) is 11.8 Å². The number of halogens is 1. The lowest BCUT2D eigenvalue weighted by Crippen LogP contribution is -3.00. The van der Waals surface area contributed by atoms with Gasteiger partial charge in [0.25, 0.3) is 0 Å². The maximum absolute atomic E-state index is 11.9. The SMILES string of the molecule is CC1C(c2ccccc2)[NH2+]C(c2ccccc2)C(C)C1(O)C#Cc1ccccc1.[Cl-]. The average Bonchev–Trinajstić information content (AvgIpc) is 2.78. The molecule has 30 heavy (non-hydrogen) atoms. The highest BCUT2D eigenvalue weighted by Crippen LogP contribution is 2.42. The van der Waals surface area contributed by atoms with Crippen LogP contribution in [0.4, 0.5) is 0 Å². The van der Waals surface area contributed by atoms with Gasteiger partial charge in [0.15, 0.2) is 0 Å². The number of quaternary nitrogens is 1. The summed E-state index contributed by atoms with van der Waals surface area (Å²) in [5, 5.41) is 14.4. The van der Waals surface area contributed by atoms with E-state index in [0.717, 1.165) is 5.56 Å². The molecule has 3 N–H and O–H groups in total. The molecule has 3 aromatic carbocycles. The molecule has 1 saturated heterocycles. The number of hydrogen-bond acceptors (Lipinski definition) is 1. The van der Waals surface area contributed by atoms with Gasteiger partial charge in [-0.25, -0.2) is 0 Å². The van der Waals surface area contributed by atoms with Gasteiger partial charge in [-0.3, -0.25) is 0 Å². The molecule has 1 fully saturated rings. The van der Waals surface area contributed by atoms with Crippen LogP contribution in [0, 0.1) is 23.7 Å². The van der Waals surface area contributed by atoms with E-state index in [1.54, 1.807) is 0 Å². The molecule has 3 heteroatoms. The summed E-state index contributed by atoms with van der Waals surface area (Å²) < 4.78 is 0. The molecule has 1 aliphatic rings. The highest BCUT2D eigenvalue weighted by molar-refractivity contribution is 5.38. The fourth-order valence-corrected chi connectivity index (χ4v) is 4.59. The Kier molecular flexibility index (Phi) is 7.00. The van der Waals surface area contributed by atoms with Crippen LogP contribution in [0.2, 0.25) is 0 Å². The summed E-state index contributed by atoms with van der Waals surface area (Å²) in [5.74, 6) is 6.51. The second-order valence-corrected chi connectivity index (χ2v) is 8.08. The molecule has 4 unspecified atom stereocenters. The van der Waals surface area contributed by atoms with Crippen molar-refractivity contribution < 1.29 is 22.8 Å². The van der Waals surface area contributed by atoms with Crippen molar-refractivity contribution in [3.8, 4) is 11.8 Å². The van der Waals surface area contributed by atoms with E-state index in [9.17, 15) is 5.11 Å². The Morgan fingerprint density at radius 2 is 1.10 bits per heavy atom. The molecule has 0 radical (unpaired) electrons. The fraction of sp³-hybridized carbons (Fsp3) is 0.259. The normalized spacial score (nSPS) is 28.0. The zero-order valence-electron chi connectivity index (χ0n) is 17.4. The fourth-order valence-electron chi connectivity index (χ4n) is 4.59. The highest BCUT2D eigenvalue weighted by atomic mass is 35.5. The number of nitrogens with two attached hydrogens (primary N) is 1. The minimum atomic E-state index is -1.09. The summed E-state index contributed by atoms with van der Waals surface area (Å²) >= 11 is 0. The molecule has 0 amide bonds. The van der Waals surface area contributed by atoms with Gasteiger partial charge in [-0.05, 0) is 12.1 Å².